The highest BCUT2D eigenvalue weighted by Gasteiger charge is 2.10. The van der Waals surface area contributed by atoms with Crippen molar-refractivity contribution in [3.8, 4) is 5.75 Å². The summed E-state index contributed by atoms with van der Waals surface area (Å²) in [5.74, 6) is -1.04. The van der Waals surface area contributed by atoms with E-state index in [0.717, 1.165) is 5.56 Å². The van der Waals surface area contributed by atoms with Crippen LogP contribution in [-0.2, 0) is 0 Å². The lowest BCUT2D eigenvalue weighted by Crippen LogP contribution is -2.01. The smallest absolute Gasteiger partial charge is 0.220 e. The first-order valence-electron chi connectivity index (χ1n) is 5.98. The van der Waals surface area contributed by atoms with Crippen LogP contribution in [0, 0.1) is 0 Å². The van der Waals surface area contributed by atoms with Gasteiger partial charge in [-0.2, -0.15) is 0 Å². The third-order valence-electron chi connectivity index (χ3n) is 2.71. The van der Waals surface area contributed by atoms with E-state index in [1.54, 1.807) is 30.3 Å². The number of aromatic hydroxyl groups is 1. The number of hydrogen-bond acceptors (Lipinski definition) is 3. The maximum Gasteiger partial charge on any atom is 0.220 e. The van der Waals surface area contributed by atoms with Crippen LogP contribution in [0.1, 0.15) is 15.9 Å². The first kappa shape index (κ1) is 15.5. The van der Waals surface area contributed by atoms with Gasteiger partial charge in [0.15, 0.2) is 11.5 Å². The average molecular weight is 366 g/mol. The standard InChI is InChI=1S/C16H10BrClO3/c17-11-5-7-15(20)16(21)13(9-11)14(19)6-4-10-2-1-3-12(18)8-10/h1-9H,(H,20,21)/b6-4+. The summed E-state index contributed by atoms with van der Waals surface area (Å²) >= 11 is 9.05. The molecule has 5 heteroatoms. The molecule has 106 valence electrons. The molecule has 0 saturated carbocycles. The van der Waals surface area contributed by atoms with Crippen molar-refractivity contribution in [1.82, 2.24) is 0 Å². The van der Waals surface area contributed by atoms with Crippen molar-refractivity contribution in [2.24, 2.45) is 0 Å². The lowest BCUT2D eigenvalue weighted by Gasteiger charge is -1.97. The Hall–Kier alpha value is -1.91. The zero-order valence-corrected chi connectivity index (χ0v) is 13.1. The second kappa shape index (κ2) is 6.70. The molecule has 0 heterocycles. The highest BCUT2D eigenvalue weighted by molar-refractivity contribution is 9.10. The molecule has 0 amide bonds. The Morgan fingerprint density at radius 2 is 1.95 bits per heavy atom. The van der Waals surface area contributed by atoms with E-state index in [9.17, 15) is 14.7 Å². The van der Waals surface area contributed by atoms with Gasteiger partial charge >= 0.3 is 0 Å². The summed E-state index contributed by atoms with van der Waals surface area (Å²) in [5, 5.41) is 10.3. The summed E-state index contributed by atoms with van der Waals surface area (Å²) in [4.78, 5) is 23.7. The number of halogens is 2. The summed E-state index contributed by atoms with van der Waals surface area (Å²) in [5.41, 5.74) is 0.0763. The Balaban J connectivity index is 2.38. The Bertz CT molecular complexity index is 785. The Labute approximate surface area is 134 Å². The average Bonchev–Trinajstić information content (AvgIpc) is 2.58. The molecule has 0 aliphatic rings. The summed E-state index contributed by atoms with van der Waals surface area (Å²) in [6, 6.07) is 11.0. The molecule has 2 aromatic rings. The van der Waals surface area contributed by atoms with Crippen LogP contribution in [0.25, 0.3) is 6.08 Å². The van der Waals surface area contributed by atoms with Crippen LogP contribution in [-0.4, -0.2) is 10.9 Å². The maximum absolute atomic E-state index is 12.1. The Morgan fingerprint density at radius 3 is 2.67 bits per heavy atom. The van der Waals surface area contributed by atoms with Gasteiger partial charge in [-0.05, 0) is 42.0 Å². The van der Waals surface area contributed by atoms with E-state index in [1.807, 2.05) is 0 Å². The van der Waals surface area contributed by atoms with Gasteiger partial charge in [-0.25, -0.2) is 0 Å². The molecule has 0 spiro atoms. The van der Waals surface area contributed by atoms with Crippen LogP contribution in [0.15, 0.2) is 57.8 Å². The van der Waals surface area contributed by atoms with E-state index in [2.05, 4.69) is 15.9 Å². The van der Waals surface area contributed by atoms with Gasteiger partial charge in [0.2, 0.25) is 5.43 Å². The lowest BCUT2D eigenvalue weighted by atomic mass is 10.1. The van der Waals surface area contributed by atoms with E-state index in [1.165, 1.54) is 24.3 Å². The molecule has 0 unspecified atom stereocenters. The second-order valence-electron chi connectivity index (χ2n) is 4.24. The highest BCUT2D eigenvalue weighted by atomic mass is 79.9. The van der Waals surface area contributed by atoms with Crippen LogP contribution < -0.4 is 5.43 Å². The fourth-order valence-corrected chi connectivity index (χ4v) is 2.24. The third-order valence-corrected chi connectivity index (χ3v) is 3.43. The summed E-state index contributed by atoms with van der Waals surface area (Å²) in [6.07, 6.45) is 2.85. The predicted octanol–water partition coefficient (Wildman–Crippen LogP) is 4.06. The molecule has 2 aromatic carbocycles. The normalized spacial score (nSPS) is 10.8. The van der Waals surface area contributed by atoms with Gasteiger partial charge in [0, 0.05) is 9.50 Å². The molecule has 0 atom stereocenters. The minimum Gasteiger partial charge on any atom is -0.504 e. The fraction of sp³-hybridized carbons (Fsp3) is 0. The van der Waals surface area contributed by atoms with Gasteiger partial charge < -0.3 is 5.11 Å². The molecule has 0 aliphatic carbocycles. The summed E-state index contributed by atoms with van der Waals surface area (Å²) in [6.45, 7) is 0. The van der Waals surface area contributed by atoms with Crippen LogP contribution in [0.5, 0.6) is 5.75 Å². The maximum atomic E-state index is 12.1. The minimum absolute atomic E-state index is 0.0600. The summed E-state index contributed by atoms with van der Waals surface area (Å²) in [7, 11) is 0. The van der Waals surface area contributed by atoms with E-state index >= 15 is 0 Å². The van der Waals surface area contributed by atoms with Crippen molar-refractivity contribution < 1.29 is 9.90 Å². The van der Waals surface area contributed by atoms with Crippen molar-refractivity contribution in [3.63, 3.8) is 0 Å². The van der Waals surface area contributed by atoms with Crippen molar-refractivity contribution in [2.45, 2.75) is 0 Å². The minimum atomic E-state index is -0.611. The van der Waals surface area contributed by atoms with Gasteiger partial charge in [0.25, 0.3) is 0 Å². The highest BCUT2D eigenvalue weighted by Crippen LogP contribution is 2.18. The number of benzene rings is 1. The molecular weight excluding hydrogens is 356 g/mol. The largest absolute Gasteiger partial charge is 0.504 e. The van der Waals surface area contributed by atoms with Crippen LogP contribution in [0.2, 0.25) is 5.02 Å². The monoisotopic (exact) mass is 364 g/mol. The molecular formula is C16H10BrClO3. The van der Waals surface area contributed by atoms with Gasteiger partial charge in [-0.3, -0.25) is 9.59 Å². The van der Waals surface area contributed by atoms with E-state index < -0.39 is 17.0 Å². The molecule has 0 aliphatic heterocycles. The van der Waals surface area contributed by atoms with Crippen molar-refractivity contribution in [2.75, 3.05) is 0 Å². The number of carbonyl (C=O) groups is 1. The SMILES string of the molecule is O=C(/C=C/c1cccc(Cl)c1)c1cc(Br)ccc(=O)c1O. The van der Waals surface area contributed by atoms with Crippen LogP contribution in [0.3, 0.4) is 0 Å². The topological polar surface area (TPSA) is 54.4 Å². The zero-order valence-electron chi connectivity index (χ0n) is 10.7. The number of hydrogen-bond donors (Lipinski definition) is 1. The number of rotatable bonds is 3. The van der Waals surface area contributed by atoms with Gasteiger partial charge in [0.05, 0.1) is 5.56 Å². The first-order valence-corrected chi connectivity index (χ1v) is 7.15. The van der Waals surface area contributed by atoms with E-state index in [4.69, 9.17) is 11.6 Å². The van der Waals surface area contributed by atoms with Crippen LogP contribution in [0.4, 0.5) is 0 Å². The summed E-state index contributed by atoms with van der Waals surface area (Å²) < 4.78 is 0.527. The van der Waals surface area contributed by atoms with Gasteiger partial charge in [-0.1, -0.05) is 45.7 Å². The molecule has 1 N–H and O–H groups in total. The zero-order chi connectivity index (χ0) is 15.4. The number of ketones is 1. The molecule has 0 fully saturated rings. The lowest BCUT2D eigenvalue weighted by molar-refractivity contribution is 0.104. The molecule has 3 nitrogen and oxygen atoms in total. The van der Waals surface area contributed by atoms with E-state index in [0.29, 0.717) is 9.50 Å². The van der Waals surface area contributed by atoms with Crippen LogP contribution >= 0.6 is 27.5 Å². The third kappa shape index (κ3) is 4.03. The molecule has 0 radical (unpaired) electrons. The first-order chi connectivity index (χ1) is 9.97. The Morgan fingerprint density at radius 1 is 1.19 bits per heavy atom. The fourth-order valence-electron chi connectivity index (χ4n) is 1.68. The van der Waals surface area contributed by atoms with Crippen molar-refractivity contribution in [3.05, 3.63) is 79.4 Å². The van der Waals surface area contributed by atoms with E-state index in [-0.39, 0.29) is 5.56 Å². The molecule has 2 rings (SSSR count). The van der Waals surface area contributed by atoms with Crippen molar-refractivity contribution >= 4 is 39.4 Å². The quantitative estimate of drug-likeness (QED) is 0.659. The van der Waals surface area contributed by atoms with Crippen molar-refractivity contribution in [1.29, 1.82) is 0 Å². The predicted molar refractivity (Wildman–Crippen MR) is 86.9 cm³/mol. The molecule has 0 saturated heterocycles. The van der Waals surface area contributed by atoms with Gasteiger partial charge in [-0.15, -0.1) is 0 Å². The molecule has 21 heavy (non-hydrogen) atoms. The number of allylic oxidation sites excluding steroid dienone is 1. The van der Waals surface area contributed by atoms with Gasteiger partial charge in [0.1, 0.15) is 0 Å². The molecule has 0 aromatic heterocycles. The second-order valence-corrected chi connectivity index (χ2v) is 5.59. The Kier molecular flexibility index (Phi) is 4.94. The number of carbonyl (C=O) groups excluding carboxylic acids is 1. The molecule has 0 bridgehead atoms.